The fourth-order valence-corrected chi connectivity index (χ4v) is 2.02. The Balaban J connectivity index is 2.36. The number of hydrogen-bond donors (Lipinski definition) is 0. The van der Waals surface area contributed by atoms with Crippen LogP contribution in [0.5, 0.6) is 5.75 Å². The lowest BCUT2D eigenvalue weighted by atomic mass is 9.97. The highest BCUT2D eigenvalue weighted by atomic mass is 16.5. The number of ether oxygens (including phenoxy) is 2. The summed E-state index contributed by atoms with van der Waals surface area (Å²) in [4.78, 5) is 28.4. The third-order valence-corrected chi connectivity index (χ3v) is 3.52. The second-order valence-electron chi connectivity index (χ2n) is 6.65. The van der Waals surface area contributed by atoms with Crippen molar-refractivity contribution in [2.24, 2.45) is 5.41 Å². The minimum Gasteiger partial charge on any atom is -0.461 e. The van der Waals surface area contributed by atoms with Crippen LogP contribution in [0.15, 0.2) is 12.5 Å². The van der Waals surface area contributed by atoms with Crippen molar-refractivity contribution >= 4 is 17.5 Å². The Labute approximate surface area is 141 Å². The molecule has 0 aliphatic heterocycles. The minimum absolute atomic E-state index is 0.164. The Morgan fingerprint density at radius 2 is 2.00 bits per heavy atom. The zero-order valence-electron chi connectivity index (χ0n) is 14.8. The van der Waals surface area contributed by atoms with Crippen molar-refractivity contribution in [1.29, 1.82) is 0 Å². The fourth-order valence-electron chi connectivity index (χ4n) is 2.02. The van der Waals surface area contributed by atoms with Crippen molar-refractivity contribution in [2.75, 3.05) is 6.61 Å². The lowest BCUT2D eigenvalue weighted by Crippen LogP contribution is -2.25. The highest BCUT2D eigenvalue weighted by molar-refractivity contribution is 5.96. The highest BCUT2D eigenvalue weighted by Gasteiger charge is 2.26. The van der Waals surface area contributed by atoms with Crippen molar-refractivity contribution in [1.82, 2.24) is 14.6 Å². The molecule has 7 nitrogen and oxygen atoms in total. The second-order valence-corrected chi connectivity index (χ2v) is 6.65. The summed E-state index contributed by atoms with van der Waals surface area (Å²) in [7, 11) is 0. The van der Waals surface area contributed by atoms with Crippen molar-refractivity contribution in [2.45, 2.75) is 47.5 Å². The highest BCUT2D eigenvalue weighted by Crippen LogP contribution is 2.28. The van der Waals surface area contributed by atoms with E-state index >= 15 is 0 Å². The zero-order valence-corrected chi connectivity index (χ0v) is 14.8. The van der Waals surface area contributed by atoms with Gasteiger partial charge in [-0.25, -0.2) is 14.3 Å². The summed E-state index contributed by atoms with van der Waals surface area (Å²) in [5.74, 6) is -0.509. The van der Waals surface area contributed by atoms with Crippen LogP contribution in [-0.2, 0) is 9.53 Å². The molecule has 2 aromatic heterocycles. The van der Waals surface area contributed by atoms with Gasteiger partial charge in [0.05, 0.1) is 18.2 Å². The van der Waals surface area contributed by atoms with Crippen molar-refractivity contribution in [3.05, 3.63) is 23.8 Å². The average Bonchev–Trinajstić information content (AvgIpc) is 2.83. The molecule has 0 N–H and O–H groups in total. The van der Waals surface area contributed by atoms with E-state index in [9.17, 15) is 9.59 Å². The van der Waals surface area contributed by atoms with Crippen LogP contribution in [0.3, 0.4) is 0 Å². The number of esters is 2. The van der Waals surface area contributed by atoms with Crippen LogP contribution >= 0.6 is 0 Å². The number of carbonyl (C=O) groups is 2. The van der Waals surface area contributed by atoms with Crippen LogP contribution < -0.4 is 4.74 Å². The number of fused-ring (bicyclic) bond motifs is 1. The van der Waals surface area contributed by atoms with Gasteiger partial charge in [-0.1, -0.05) is 13.3 Å². The first-order chi connectivity index (χ1) is 11.3. The summed E-state index contributed by atoms with van der Waals surface area (Å²) in [6.07, 6.45) is 4.57. The molecule has 0 aliphatic rings. The van der Waals surface area contributed by atoms with E-state index in [4.69, 9.17) is 9.47 Å². The summed E-state index contributed by atoms with van der Waals surface area (Å²) >= 11 is 0. The number of carbonyl (C=O) groups excluding carboxylic acids is 2. The number of nitrogens with zero attached hydrogens (tertiary/aromatic N) is 3. The predicted octanol–water partition coefficient (Wildman–Crippen LogP) is 2.95. The summed E-state index contributed by atoms with van der Waals surface area (Å²) in [6.45, 7) is 9.44. The number of hydrogen-bond acceptors (Lipinski definition) is 6. The lowest BCUT2D eigenvalue weighted by Gasteiger charge is -2.15. The van der Waals surface area contributed by atoms with Gasteiger partial charge in [0.15, 0.2) is 11.4 Å². The average molecular weight is 333 g/mol. The van der Waals surface area contributed by atoms with Gasteiger partial charge in [-0.2, -0.15) is 5.10 Å². The van der Waals surface area contributed by atoms with Gasteiger partial charge in [0, 0.05) is 5.56 Å². The molecule has 0 radical (unpaired) electrons. The van der Waals surface area contributed by atoms with Gasteiger partial charge in [0.25, 0.3) is 0 Å². The molecule has 24 heavy (non-hydrogen) atoms. The quantitative estimate of drug-likeness (QED) is 0.618. The van der Waals surface area contributed by atoms with E-state index < -0.39 is 11.4 Å². The van der Waals surface area contributed by atoms with Crippen LogP contribution in [0.1, 0.15) is 56.6 Å². The molecule has 2 heterocycles. The van der Waals surface area contributed by atoms with Crippen LogP contribution in [-0.4, -0.2) is 33.1 Å². The molecule has 0 aliphatic carbocycles. The first-order valence-electron chi connectivity index (χ1n) is 7.98. The van der Waals surface area contributed by atoms with Crippen LogP contribution in [0.25, 0.3) is 5.52 Å². The molecule has 0 spiro atoms. The van der Waals surface area contributed by atoms with Gasteiger partial charge in [-0.05, 0) is 34.1 Å². The molecule has 0 amide bonds. The summed E-state index contributed by atoms with van der Waals surface area (Å²) in [5, 5.41) is 4.08. The number of rotatable bonds is 5. The Morgan fingerprint density at radius 3 is 2.62 bits per heavy atom. The minimum atomic E-state index is -0.631. The van der Waals surface area contributed by atoms with E-state index in [1.165, 1.54) is 10.8 Å². The Kier molecular flexibility index (Phi) is 5.21. The van der Waals surface area contributed by atoms with Gasteiger partial charge < -0.3 is 9.47 Å². The van der Waals surface area contributed by atoms with Gasteiger partial charge >= 0.3 is 11.9 Å². The third kappa shape index (κ3) is 3.72. The van der Waals surface area contributed by atoms with Gasteiger partial charge in [0.2, 0.25) is 0 Å². The van der Waals surface area contributed by atoms with E-state index in [1.54, 1.807) is 33.9 Å². The molecule has 2 rings (SSSR count). The van der Waals surface area contributed by atoms with E-state index in [1.807, 2.05) is 6.92 Å². The maximum Gasteiger partial charge on any atom is 0.359 e. The van der Waals surface area contributed by atoms with Gasteiger partial charge in [-0.3, -0.25) is 4.79 Å². The molecule has 130 valence electrons. The summed E-state index contributed by atoms with van der Waals surface area (Å²) in [5.41, 5.74) is 0.636. The van der Waals surface area contributed by atoms with Crippen LogP contribution in [0, 0.1) is 12.3 Å². The SMILES string of the molecule is CCCCOC(=O)c1ncnn2cc(OC(=O)C(C)(C)C)c(C)c12. The van der Waals surface area contributed by atoms with Gasteiger partial charge in [0.1, 0.15) is 11.8 Å². The zero-order chi connectivity index (χ0) is 17.9. The maximum absolute atomic E-state index is 12.2. The van der Waals surface area contributed by atoms with E-state index in [0.717, 1.165) is 12.8 Å². The Morgan fingerprint density at radius 1 is 1.29 bits per heavy atom. The monoisotopic (exact) mass is 333 g/mol. The van der Waals surface area contributed by atoms with Crippen LogP contribution in [0.4, 0.5) is 0 Å². The molecule has 0 fully saturated rings. The van der Waals surface area contributed by atoms with Crippen molar-refractivity contribution < 1.29 is 19.1 Å². The second kappa shape index (κ2) is 6.98. The molecule has 0 aromatic carbocycles. The molecule has 0 saturated heterocycles. The standard InChI is InChI=1S/C17H23N3O4/c1-6-7-8-23-15(21)13-14-11(2)12(9-20(14)19-10-18-13)24-16(22)17(3,4)5/h9-10H,6-8H2,1-5H3. The molecular formula is C17H23N3O4. The molecular weight excluding hydrogens is 310 g/mol. The first kappa shape index (κ1) is 17.9. The first-order valence-corrected chi connectivity index (χ1v) is 7.98. The van der Waals surface area contributed by atoms with Crippen molar-refractivity contribution in [3.8, 4) is 5.75 Å². The predicted molar refractivity (Wildman–Crippen MR) is 88.0 cm³/mol. The molecule has 2 aromatic rings. The molecule has 0 saturated carbocycles. The fraction of sp³-hybridized carbons (Fsp3) is 0.529. The largest absolute Gasteiger partial charge is 0.461 e. The third-order valence-electron chi connectivity index (χ3n) is 3.52. The molecule has 0 bridgehead atoms. The summed E-state index contributed by atoms with van der Waals surface area (Å²) in [6, 6.07) is 0. The lowest BCUT2D eigenvalue weighted by molar-refractivity contribution is -0.143. The number of unbranched alkanes of at least 4 members (excludes halogenated alkanes) is 1. The Hall–Kier alpha value is -2.44. The van der Waals surface area contributed by atoms with Crippen LogP contribution in [0.2, 0.25) is 0 Å². The van der Waals surface area contributed by atoms with E-state index in [2.05, 4.69) is 10.1 Å². The smallest absolute Gasteiger partial charge is 0.359 e. The van der Waals surface area contributed by atoms with E-state index in [-0.39, 0.29) is 11.7 Å². The number of aryl methyl sites for hydroxylation is 1. The molecule has 0 unspecified atom stereocenters. The summed E-state index contributed by atoms with van der Waals surface area (Å²) < 4.78 is 12.2. The number of aromatic nitrogens is 3. The van der Waals surface area contributed by atoms with E-state index in [0.29, 0.717) is 23.4 Å². The molecule has 7 heteroatoms. The Bertz CT molecular complexity index is 759. The maximum atomic E-state index is 12.2. The van der Waals surface area contributed by atoms with Gasteiger partial charge in [-0.15, -0.1) is 0 Å². The normalized spacial score (nSPS) is 11.5. The topological polar surface area (TPSA) is 82.8 Å². The molecule has 0 atom stereocenters. The van der Waals surface area contributed by atoms with Crippen molar-refractivity contribution in [3.63, 3.8) is 0 Å².